The molecule has 0 unspecified atom stereocenters. The Hall–Kier alpha value is -7.91. The maximum atomic E-state index is 13.5. The Kier molecular flexibility index (Phi) is 23.5. The number of guanidine groups is 1. The molecule has 1 aliphatic rings. The van der Waals surface area contributed by atoms with Crippen LogP contribution in [0.25, 0.3) is 0 Å². The van der Waals surface area contributed by atoms with Gasteiger partial charge in [-0.15, -0.1) is 0 Å². The number of carboxylic acids is 3. The lowest BCUT2D eigenvalue weighted by atomic mass is 10.0. The summed E-state index contributed by atoms with van der Waals surface area (Å²) in [7, 11) is 0. The zero-order chi connectivity index (χ0) is 52.0. The van der Waals surface area contributed by atoms with E-state index in [2.05, 4.69) is 47.9 Å². The largest absolute Gasteiger partial charge is 0.481 e. The first-order chi connectivity index (χ1) is 32.4. The van der Waals surface area contributed by atoms with Gasteiger partial charge in [0.15, 0.2) is 5.96 Å². The zero-order valence-corrected chi connectivity index (χ0v) is 38.1. The monoisotopic (exact) mass is 975 g/mol. The number of carbonyl (C=O) groups is 12. The van der Waals surface area contributed by atoms with Crippen LogP contribution >= 0.6 is 0 Å². The molecule has 1 aromatic rings. The number of carboxylic acid groups (broad SMARTS) is 3. The number of nitrogens with zero attached hydrogens (tertiary/aromatic N) is 1. The summed E-state index contributed by atoms with van der Waals surface area (Å²) in [6.45, 7) is 2.66. The molecule has 69 heavy (non-hydrogen) atoms. The predicted molar refractivity (Wildman–Crippen MR) is 239 cm³/mol. The minimum atomic E-state index is -1.95. The van der Waals surface area contributed by atoms with Gasteiger partial charge in [-0.1, -0.05) is 30.3 Å². The van der Waals surface area contributed by atoms with Crippen LogP contribution in [0.2, 0.25) is 0 Å². The molecule has 380 valence electrons. The average Bonchev–Trinajstić information content (AvgIpc) is 3.77. The Morgan fingerprint density at radius 3 is 1.74 bits per heavy atom. The third-order valence-corrected chi connectivity index (χ3v) is 10.2. The Morgan fingerprint density at radius 2 is 1.19 bits per heavy atom. The highest BCUT2D eigenvalue weighted by atomic mass is 16.4. The van der Waals surface area contributed by atoms with Gasteiger partial charge in [0.05, 0.1) is 32.0 Å². The smallest absolute Gasteiger partial charge is 0.326 e. The molecule has 0 bridgehead atoms. The van der Waals surface area contributed by atoms with Crippen LogP contribution in [-0.4, -0.2) is 172 Å². The second-order valence-electron chi connectivity index (χ2n) is 15.9. The van der Waals surface area contributed by atoms with Gasteiger partial charge in [0.2, 0.25) is 53.2 Å². The summed E-state index contributed by atoms with van der Waals surface area (Å²) in [5, 5.41) is 56.5. The van der Waals surface area contributed by atoms with Gasteiger partial charge in [0.25, 0.3) is 0 Å². The molecule has 1 aromatic carbocycles. The lowest BCUT2D eigenvalue weighted by Gasteiger charge is -2.29. The lowest BCUT2D eigenvalue weighted by Crippen LogP contribution is -2.59. The molecule has 0 saturated carbocycles. The van der Waals surface area contributed by atoms with Crippen LogP contribution in [0.15, 0.2) is 30.3 Å². The minimum Gasteiger partial charge on any atom is -0.481 e. The number of rotatable bonds is 28. The van der Waals surface area contributed by atoms with Crippen molar-refractivity contribution < 1.29 is 72.9 Å². The Balaban J connectivity index is 2.06. The Labute approximate surface area is 395 Å². The molecule has 0 spiro atoms. The van der Waals surface area contributed by atoms with Crippen LogP contribution in [0.1, 0.15) is 64.9 Å². The van der Waals surface area contributed by atoms with E-state index in [4.69, 9.17) is 16.9 Å². The number of aliphatic carboxylic acids is 3. The number of nitrogens with one attached hydrogen (secondary N) is 10. The van der Waals surface area contributed by atoms with E-state index in [0.29, 0.717) is 12.0 Å². The summed E-state index contributed by atoms with van der Waals surface area (Å²) < 4.78 is 0. The van der Waals surface area contributed by atoms with Gasteiger partial charge in [-0.2, -0.15) is 0 Å². The van der Waals surface area contributed by atoms with Crippen molar-refractivity contribution >= 4 is 77.0 Å². The van der Waals surface area contributed by atoms with Gasteiger partial charge < -0.3 is 79.5 Å². The Morgan fingerprint density at radius 1 is 0.667 bits per heavy atom. The van der Waals surface area contributed by atoms with Crippen molar-refractivity contribution in [2.24, 2.45) is 11.5 Å². The van der Waals surface area contributed by atoms with E-state index >= 15 is 0 Å². The van der Waals surface area contributed by atoms with Crippen molar-refractivity contribution in [3.05, 3.63) is 35.9 Å². The number of nitrogens with two attached hydrogens (primary N) is 2. The van der Waals surface area contributed by atoms with Crippen molar-refractivity contribution in [3.63, 3.8) is 0 Å². The molecule has 0 radical (unpaired) electrons. The predicted octanol–water partition coefficient (Wildman–Crippen LogP) is -5.95. The molecule has 28 nitrogen and oxygen atoms in total. The number of amides is 9. The fourth-order valence-electron chi connectivity index (χ4n) is 6.60. The van der Waals surface area contributed by atoms with E-state index in [0.717, 1.165) is 4.90 Å². The Bertz CT molecular complexity index is 2070. The number of likely N-dealkylation sites (tertiary alicyclic amines) is 1. The third-order valence-electron chi connectivity index (χ3n) is 10.2. The van der Waals surface area contributed by atoms with E-state index in [1.807, 2.05) is 0 Å². The van der Waals surface area contributed by atoms with Crippen LogP contribution < -0.4 is 59.3 Å². The summed E-state index contributed by atoms with van der Waals surface area (Å²) in [6.07, 6.45) is -1.56. The van der Waals surface area contributed by atoms with Crippen LogP contribution in [0.3, 0.4) is 0 Å². The van der Waals surface area contributed by atoms with Crippen molar-refractivity contribution in [3.8, 4) is 0 Å². The van der Waals surface area contributed by atoms with Gasteiger partial charge >= 0.3 is 17.9 Å². The molecule has 8 atom stereocenters. The standard InChI is InChI=1S/C41H61N13O15/c1-20(42)33(61)46-18-29(55)50-25(15-23-9-5-4-6-10-23)35(63)48-21(2)34(62)47-19-30(56)51-26(16-31(57)58)37(65)53-27(17-32(59)60)36(64)49-22(3)39(67)54-14-8-12-28(54)38(66)52-24(40(68)69)11-7-13-45-41(43)44/h4-6,9-10,20-22,24-28H,7-8,11-19,42H2,1-3H3,(H,46,61)(H,47,62)(H,48,63)(H,49,64)(H,50,55)(H,51,56)(H,52,66)(H,53,65)(H,57,58)(H,59,60)(H,68,69)(H4,43,44,45)/t20-,21-,22-,24-,25-,26-,27-,28-/m0/s1. The topological polar surface area (TPSA) is 453 Å². The maximum absolute atomic E-state index is 13.5. The van der Waals surface area contributed by atoms with Gasteiger partial charge in [0, 0.05) is 19.5 Å². The lowest BCUT2D eigenvalue weighted by molar-refractivity contribution is -0.145. The van der Waals surface area contributed by atoms with Crippen molar-refractivity contribution in [1.29, 1.82) is 5.41 Å². The number of hydrogen-bond acceptors (Lipinski definition) is 14. The summed E-state index contributed by atoms with van der Waals surface area (Å²) in [5.41, 5.74) is 11.3. The SMILES string of the molecule is C[C@H](N)C(=O)NCC(=O)N[C@@H](Cc1ccccc1)C(=O)N[C@@H](C)C(=O)NCC(=O)N[C@@H](CC(=O)O)C(=O)N[C@@H](CC(=O)O)C(=O)N[C@@H](C)C(=O)N1CCC[C@H]1C(=O)N[C@@H](CCCNC(=N)N)C(=O)O. The summed E-state index contributed by atoms with van der Waals surface area (Å²) in [5.74, 6) is -13.3. The van der Waals surface area contributed by atoms with Crippen molar-refractivity contribution in [1.82, 2.24) is 52.8 Å². The van der Waals surface area contributed by atoms with E-state index in [1.54, 1.807) is 30.3 Å². The van der Waals surface area contributed by atoms with E-state index in [-0.39, 0.29) is 44.7 Å². The van der Waals surface area contributed by atoms with Crippen LogP contribution in [0.5, 0.6) is 0 Å². The summed E-state index contributed by atoms with van der Waals surface area (Å²) in [6, 6.07) is -2.82. The number of hydrogen-bond donors (Lipinski definition) is 15. The molecule has 0 aliphatic carbocycles. The maximum Gasteiger partial charge on any atom is 0.326 e. The second-order valence-corrected chi connectivity index (χ2v) is 15.9. The summed E-state index contributed by atoms with van der Waals surface area (Å²) >= 11 is 0. The highest BCUT2D eigenvalue weighted by Crippen LogP contribution is 2.19. The first kappa shape index (κ1) is 57.2. The molecular formula is C41H61N13O15. The number of carbonyl (C=O) groups excluding carboxylic acids is 9. The fourth-order valence-corrected chi connectivity index (χ4v) is 6.60. The van der Waals surface area contributed by atoms with Crippen LogP contribution in [0.4, 0.5) is 0 Å². The van der Waals surface area contributed by atoms with Crippen molar-refractivity contribution in [2.45, 2.75) is 114 Å². The molecule has 17 N–H and O–H groups in total. The number of benzene rings is 1. The zero-order valence-electron chi connectivity index (χ0n) is 38.1. The van der Waals surface area contributed by atoms with Crippen LogP contribution in [-0.2, 0) is 64.0 Å². The van der Waals surface area contributed by atoms with Gasteiger partial charge in [0.1, 0.15) is 42.3 Å². The molecule has 1 heterocycles. The molecule has 2 rings (SSSR count). The van der Waals surface area contributed by atoms with Gasteiger partial charge in [-0.3, -0.25) is 58.1 Å². The molecule has 1 fully saturated rings. The summed E-state index contributed by atoms with van der Waals surface area (Å²) in [4.78, 5) is 153. The van der Waals surface area contributed by atoms with Crippen LogP contribution in [0, 0.1) is 5.41 Å². The highest BCUT2D eigenvalue weighted by Gasteiger charge is 2.39. The minimum absolute atomic E-state index is 0.0300. The highest BCUT2D eigenvalue weighted by molar-refractivity contribution is 5.99. The van der Waals surface area contributed by atoms with Gasteiger partial charge in [-0.05, 0) is 52.0 Å². The fraction of sp³-hybridized carbons (Fsp3) is 0.537. The van der Waals surface area contributed by atoms with Gasteiger partial charge in [-0.25, -0.2) is 4.79 Å². The average molecular weight is 976 g/mol. The molecule has 28 heteroatoms. The van der Waals surface area contributed by atoms with Crippen molar-refractivity contribution in [2.75, 3.05) is 26.2 Å². The molecule has 0 aromatic heterocycles. The first-order valence-corrected chi connectivity index (χ1v) is 21.6. The van der Waals surface area contributed by atoms with E-state index in [1.165, 1.54) is 20.8 Å². The normalized spacial score (nSPS) is 15.9. The molecular weight excluding hydrogens is 915 g/mol. The van der Waals surface area contributed by atoms with E-state index in [9.17, 15) is 72.9 Å². The second kappa shape index (κ2) is 28.3. The first-order valence-electron chi connectivity index (χ1n) is 21.6. The molecule has 1 aliphatic heterocycles. The third kappa shape index (κ3) is 20.7. The molecule has 1 saturated heterocycles. The van der Waals surface area contributed by atoms with E-state index < -0.39 is 145 Å². The quantitative estimate of drug-likeness (QED) is 0.0211. The molecule has 9 amide bonds.